The Bertz CT molecular complexity index is 545. The minimum Gasteiger partial charge on any atom is -0.466 e. The summed E-state index contributed by atoms with van der Waals surface area (Å²) in [4.78, 5) is 25.8. The van der Waals surface area contributed by atoms with Crippen LogP contribution in [0.2, 0.25) is 0 Å². The molecule has 0 saturated carbocycles. The second-order valence-corrected chi connectivity index (χ2v) is 6.01. The molecule has 1 aromatic carbocycles. The molecule has 1 aliphatic rings. The molecule has 2 amide bonds. The van der Waals surface area contributed by atoms with Gasteiger partial charge in [0.1, 0.15) is 0 Å². The Morgan fingerprint density at radius 2 is 2.22 bits per heavy atom. The Balaban J connectivity index is 1.77. The maximum Gasteiger partial charge on any atom is 0.317 e. The van der Waals surface area contributed by atoms with Gasteiger partial charge in [-0.3, -0.25) is 4.79 Å². The lowest BCUT2D eigenvalue weighted by Crippen LogP contribution is -2.47. The van der Waals surface area contributed by atoms with Gasteiger partial charge in [-0.25, -0.2) is 4.79 Å². The van der Waals surface area contributed by atoms with Crippen molar-refractivity contribution in [2.24, 2.45) is 5.92 Å². The number of urea groups is 1. The maximum absolute atomic E-state index is 12.2. The molecule has 0 spiro atoms. The fraction of sp³-hybridized carbons (Fsp3) is 0.556. The van der Waals surface area contributed by atoms with Gasteiger partial charge in [0.05, 0.1) is 12.5 Å². The lowest BCUT2D eigenvalue weighted by molar-refractivity contribution is -0.149. The highest BCUT2D eigenvalue weighted by Crippen LogP contribution is 2.18. The molecule has 1 fully saturated rings. The van der Waals surface area contributed by atoms with Crippen molar-refractivity contribution in [1.29, 1.82) is 0 Å². The minimum atomic E-state index is -0.190. The van der Waals surface area contributed by atoms with Gasteiger partial charge in [0.25, 0.3) is 0 Å². The molecular weight excluding hydrogens is 292 g/mol. The fourth-order valence-corrected chi connectivity index (χ4v) is 2.91. The van der Waals surface area contributed by atoms with E-state index >= 15 is 0 Å². The van der Waals surface area contributed by atoms with Crippen molar-refractivity contribution < 1.29 is 14.3 Å². The van der Waals surface area contributed by atoms with Gasteiger partial charge in [-0.05, 0) is 38.7 Å². The van der Waals surface area contributed by atoms with Crippen LogP contribution < -0.4 is 5.32 Å². The Kier molecular flexibility index (Phi) is 6.44. The number of amides is 2. The zero-order chi connectivity index (χ0) is 16.7. The summed E-state index contributed by atoms with van der Waals surface area (Å²) in [5, 5.41) is 2.95. The molecule has 1 heterocycles. The second kappa shape index (κ2) is 8.56. The monoisotopic (exact) mass is 318 g/mol. The molecule has 1 N–H and O–H groups in total. The van der Waals surface area contributed by atoms with E-state index in [0.717, 1.165) is 19.3 Å². The van der Waals surface area contributed by atoms with E-state index in [1.807, 2.05) is 6.07 Å². The third-order valence-corrected chi connectivity index (χ3v) is 4.10. The zero-order valence-corrected chi connectivity index (χ0v) is 14.0. The van der Waals surface area contributed by atoms with Crippen molar-refractivity contribution >= 4 is 12.0 Å². The molecule has 1 aliphatic heterocycles. The molecule has 0 aromatic heterocycles. The predicted octanol–water partition coefficient (Wildman–Crippen LogP) is 2.52. The van der Waals surface area contributed by atoms with Crippen LogP contribution in [0.4, 0.5) is 4.79 Å². The molecule has 1 atom stereocenters. The van der Waals surface area contributed by atoms with E-state index in [4.69, 9.17) is 4.74 Å². The van der Waals surface area contributed by atoms with Crippen LogP contribution in [0, 0.1) is 12.8 Å². The first-order valence-electron chi connectivity index (χ1n) is 8.35. The van der Waals surface area contributed by atoms with Crippen molar-refractivity contribution in [3.05, 3.63) is 35.4 Å². The number of hydrogen-bond acceptors (Lipinski definition) is 3. The average Bonchev–Trinajstić information content (AvgIpc) is 2.55. The highest BCUT2D eigenvalue weighted by atomic mass is 16.5. The number of piperidine rings is 1. The normalized spacial score (nSPS) is 17.7. The predicted molar refractivity (Wildman–Crippen MR) is 89.2 cm³/mol. The van der Waals surface area contributed by atoms with E-state index in [1.54, 1.807) is 11.8 Å². The topological polar surface area (TPSA) is 58.6 Å². The minimum absolute atomic E-state index is 0.0911. The van der Waals surface area contributed by atoms with Crippen LogP contribution in [0.25, 0.3) is 0 Å². The number of ether oxygens (including phenoxy) is 1. The molecule has 23 heavy (non-hydrogen) atoms. The summed E-state index contributed by atoms with van der Waals surface area (Å²) in [6.45, 7) is 6.00. The van der Waals surface area contributed by atoms with Crippen molar-refractivity contribution in [2.75, 3.05) is 26.2 Å². The quantitative estimate of drug-likeness (QED) is 0.849. The molecule has 0 bridgehead atoms. The van der Waals surface area contributed by atoms with E-state index in [1.165, 1.54) is 11.1 Å². The Labute approximate surface area is 138 Å². The molecule has 5 heteroatoms. The van der Waals surface area contributed by atoms with Gasteiger partial charge in [-0.15, -0.1) is 0 Å². The smallest absolute Gasteiger partial charge is 0.317 e. The summed E-state index contributed by atoms with van der Waals surface area (Å²) in [7, 11) is 0. The highest BCUT2D eigenvalue weighted by Gasteiger charge is 2.29. The lowest BCUT2D eigenvalue weighted by Gasteiger charge is -2.31. The number of likely N-dealkylation sites (tertiary alicyclic amines) is 1. The first kappa shape index (κ1) is 17.3. The van der Waals surface area contributed by atoms with E-state index in [-0.39, 0.29) is 17.9 Å². The van der Waals surface area contributed by atoms with Gasteiger partial charge in [0.15, 0.2) is 0 Å². The first-order valence-corrected chi connectivity index (χ1v) is 8.35. The Hall–Kier alpha value is -2.04. The molecule has 0 radical (unpaired) electrons. The van der Waals surface area contributed by atoms with Crippen LogP contribution in [-0.2, 0) is 16.0 Å². The van der Waals surface area contributed by atoms with Gasteiger partial charge in [0.2, 0.25) is 0 Å². The SMILES string of the molecule is CCOC(=O)C1CCCN(C(=O)NCCc2cccc(C)c2)C1. The number of carbonyl (C=O) groups excluding carboxylic acids is 2. The summed E-state index contributed by atoms with van der Waals surface area (Å²) >= 11 is 0. The first-order chi connectivity index (χ1) is 11.1. The molecule has 126 valence electrons. The van der Waals surface area contributed by atoms with Crippen LogP contribution in [0.5, 0.6) is 0 Å². The summed E-state index contributed by atoms with van der Waals surface area (Å²) < 4.78 is 5.06. The van der Waals surface area contributed by atoms with E-state index in [9.17, 15) is 9.59 Å². The number of aryl methyl sites for hydroxylation is 1. The number of hydrogen-bond donors (Lipinski definition) is 1. The third kappa shape index (κ3) is 5.27. The van der Waals surface area contributed by atoms with Crippen molar-refractivity contribution in [1.82, 2.24) is 10.2 Å². The summed E-state index contributed by atoms with van der Waals surface area (Å²) in [5.74, 6) is -0.379. The lowest BCUT2D eigenvalue weighted by atomic mass is 9.98. The van der Waals surface area contributed by atoms with Gasteiger partial charge < -0.3 is 15.0 Å². The maximum atomic E-state index is 12.2. The highest BCUT2D eigenvalue weighted by molar-refractivity contribution is 5.77. The standard InChI is InChI=1S/C18H26N2O3/c1-3-23-17(21)16-8-5-11-20(13-16)18(22)19-10-9-15-7-4-6-14(2)12-15/h4,6-7,12,16H,3,5,8-11,13H2,1-2H3,(H,19,22). The number of nitrogens with one attached hydrogen (secondary N) is 1. The molecule has 0 aliphatic carbocycles. The Morgan fingerprint density at radius 3 is 2.96 bits per heavy atom. The largest absolute Gasteiger partial charge is 0.466 e. The van der Waals surface area contributed by atoms with Crippen LogP contribution >= 0.6 is 0 Å². The van der Waals surface area contributed by atoms with Gasteiger partial charge >= 0.3 is 12.0 Å². The van der Waals surface area contributed by atoms with Crippen LogP contribution in [-0.4, -0.2) is 43.1 Å². The summed E-state index contributed by atoms with van der Waals surface area (Å²) in [6, 6.07) is 8.19. The van der Waals surface area contributed by atoms with Crippen LogP contribution in [0.3, 0.4) is 0 Å². The number of carbonyl (C=O) groups is 2. The van der Waals surface area contributed by atoms with Crippen LogP contribution in [0.1, 0.15) is 30.9 Å². The molecular formula is C18H26N2O3. The third-order valence-electron chi connectivity index (χ3n) is 4.10. The molecule has 5 nitrogen and oxygen atoms in total. The van der Waals surface area contributed by atoms with E-state index in [2.05, 4.69) is 30.4 Å². The second-order valence-electron chi connectivity index (χ2n) is 6.01. The van der Waals surface area contributed by atoms with Crippen molar-refractivity contribution in [3.63, 3.8) is 0 Å². The van der Waals surface area contributed by atoms with E-state index in [0.29, 0.717) is 26.2 Å². The van der Waals surface area contributed by atoms with Gasteiger partial charge in [-0.2, -0.15) is 0 Å². The zero-order valence-electron chi connectivity index (χ0n) is 14.0. The van der Waals surface area contributed by atoms with Crippen molar-refractivity contribution in [2.45, 2.75) is 33.1 Å². The molecule has 1 unspecified atom stereocenters. The molecule has 1 aromatic rings. The number of esters is 1. The van der Waals surface area contributed by atoms with Gasteiger partial charge in [-0.1, -0.05) is 29.8 Å². The Morgan fingerprint density at radius 1 is 1.39 bits per heavy atom. The number of benzene rings is 1. The molecule has 1 saturated heterocycles. The summed E-state index contributed by atoms with van der Waals surface area (Å²) in [5.41, 5.74) is 2.44. The van der Waals surface area contributed by atoms with Gasteiger partial charge in [0, 0.05) is 19.6 Å². The van der Waals surface area contributed by atoms with E-state index < -0.39 is 0 Å². The van der Waals surface area contributed by atoms with Crippen LogP contribution in [0.15, 0.2) is 24.3 Å². The summed E-state index contributed by atoms with van der Waals surface area (Å²) in [6.07, 6.45) is 2.45. The number of nitrogens with zero attached hydrogens (tertiary/aromatic N) is 1. The number of rotatable bonds is 5. The fourth-order valence-electron chi connectivity index (χ4n) is 2.91. The van der Waals surface area contributed by atoms with Crippen molar-refractivity contribution in [3.8, 4) is 0 Å². The average molecular weight is 318 g/mol. The molecule has 2 rings (SSSR count).